The Labute approximate surface area is 165 Å². The summed E-state index contributed by atoms with van der Waals surface area (Å²) in [5, 5.41) is 15.5. The highest BCUT2D eigenvalue weighted by Crippen LogP contribution is 2.52. The van der Waals surface area contributed by atoms with Gasteiger partial charge in [-0.05, 0) is 37.8 Å². The molecule has 2 heterocycles. The predicted octanol–water partition coefficient (Wildman–Crippen LogP) is 3.42. The summed E-state index contributed by atoms with van der Waals surface area (Å²) in [6.45, 7) is 2.56. The molecule has 10 heteroatoms. The van der Waals surface area contributed by atoms with Crippen LogP contribution in [0.4, 0.5) is 13.2 Å². The molecule has 0 saturated carbocycles. The first-order valence-electron chi connectivity index (χ1n) is 9.20. The number of amides is 1. The number of nitrogens with zero attached hydrogens (tertiary/aromatic N) is 4. The largest absolute Gasteiger partial charge is 0.465 e. The van der Waals surface area contributed by atoms with E-state index in [1.807, 2.05) is 6.07 Å². The molecule has 2 aliphatic heterocycles. The van der Waals surface area contributed by atoms with E-state index < -0.39 is 23.7 Å². The van der Waals surface area contributed by atoms with Crippen LogP contribution in [0.5, 0.6) is 0 Å². The Morgan fingerprint density at radius 3 is 2.31 bits per heavy atom. The number of halogens is 3. The van der Waals surface area contributed by atoms with Crippen molar-refractivity contribution in [3.05, 3.63) is 35.4 Å². The molecule has 2 aliphatic rings. The topological polar surface area (TPSA) is 95.1 Å². The van der Waals surface area contributed by atoms with Crippen molar-refractivity contribution in [3.8, 4) is 6.07 Å². The third kappa shape index (κ3) is 3.95. The molecule has 1 unspecified atom stereocenters. The number of alkyl halides is 3. The van der Waals surface area contributed by atoms with Gasteiger partial charge in [0.2, 0.25) is 0 Å². The van der Waals surface area contributed by atoms with Gasteiger partial charge in [-0.25, -0.2) is 0 Å². The molecule has 1 saturated heterocycles. The van der Waals surface area contributed by atoms with Crippen molar-refractivity contribution >= 4 is 11.9 Å². The zero-order chi connectivity index (χ0) is 21.2. The Kier molecular flexibility index (Phi) is 5.59. The van der Waals surface area contributed by atoms with Crippen molar-refractivity contribution in [1.82, 2.24) is 4.90 Å². The van der Waals surface area contributed by atoms with Crippen molar-refractivity contribution in [3.63, 3.8) is 0 Å². The number of hydrogen-bond donors (Lipinski definition) is 0. The van der Waals surface area contributed by atoms with Crippen LogP contribution in [0, 0.1) is 23.2 Å². The maximum Gasteiger partial charge on any atom is 0.442 e. The molecule has 1 atom stereocenters. The molecule has 154 valence electrons. The van der Waals surface area contributed by atoms with Crippen molar-refractivity contribution in [1.29, 1.82) is 5.26 Å². The van der Waals surface area contributed by atoms with Gasteiger partial charge in [0.15, 0.2) is 0 Å². The number of hydrogen-bond acceptors (Lipinski definition) is 6. The van der Waals surface area contributed by atoms with Crippen molar-refractivity contribution in [2.24, 2.45) is 22.1 Å². The minimum absolute atomic E-state index is 0.133. The van der Waals surface area contributed by atoms with Gasteiger partial charge in [-0.15, -0.1) is 10.2 Å². The van der Waals surface area contributed by atoms with Crippen molar-refractivity contribution in [2.45, 2.75) is 31.6 Å². The summed E-state index contributed by atoms with van der Waals surface area (Å²) in [5.74, 6) is -1.93. The fraction of sp³-hybridized carbons (Fsp3) is 0.526. The monoisotopic (exact) mass is 408 g/mol. The Morgan fingerprint density at radius 2 is 1.86 bits per heavy atom. The van der Waals surface area contributed by atoms with Crippen LogP contribution in [0.1, 0.15) is 35.7 Å². The van der Waals surface area contributed by atoms with E-state index in [2.05, 4.69) is 10.2 Å². The van der Waals surface area contributed by atoms with Gasteiger partial charge in [0.1, 0.15) is 5.92 Å². The van der Waals surface area contributed by atoms with Crippen LogP contribution in [-0.4, -0.2) is 42.6 Å². The maximum atomic E-state index is 13.0. The lowest BCUT2D eigenvalue weighted by atomic mass is 9.85. The number of benzene rings is 1. The van der Waals surface area contributed by atoms with Crippen molar-refractivity contribution in [2.75, 3.05) is 19.7 Å². The Balaban J connectivity index is 1.61. The number of carbonyl (C=O) groups excluding carboxylic acids is 2. The average molecular weight is 408 g/mol. The molecule has 1 amide bonds. The second-order valence-corrected chi connectivity index (χ2v) is 6.94. The highest BCUT2D eigenvalue weighted by molar-refractivity contribution is 5.94. The molecule has 0 spiro atoms. The zero-order valence-electron chi connectivity index (χ0n) is 15.6. The molecule has 1 fully saturated rings. The fourth-order valence-electron chi connectivity index (χ4n) is 3.49. The van der Waals surface area contributed by atoms with Gasteiger partial charge < -0.3 is 9.64 Å². The Morgan fingerprint density at radius 1 is 1.28 bits per heavy atom. The van der Waals surface area contributed by atoms with E-state index in [0.717, 1.165) is 0 Å². The molecule has 0 radical (unpaired) electrons. The third-order valence-corrected chi connectivity index (χ3v) is 5.21. The molecule has 29 heavy (non-hydrogen) atoms. The normalized spacial score (nSPS) is 19.3. The SMILES string of the molecule is CCOC(=O)C(C#N)C1CCN(C(=O)c2ccc(C3(C(F)(F)F)N=N3)cc2)CC1. The summed E-state index contributed by atoms with van der Waals surface area (Å²) < 4.78 is 44.1. The quantitative estimate of drug-likeness (QED) is 0.698. The highest BCUT2D eigenvalue weighted by atomic mass is 19.4. The summed E-state index contributed by atoms with van der Waals surface area (Å²) in [6.07, 6.45) is -3.68. The third-order valence-electron chi connectivity index (χ3n) is 5.21. The minimum Gasteiger partial charge on any atom is -0.465 e. The molecule has 7 nitrogen and oxygen atoms in total. The molecular formula is C19H19F3N4O3. The number of piperidine rings is 1. The lowest BCUT2D eigenvalue weighted by Gasteiger charge is -2.33. The van der Waals surface area contributed by atoms with E-state index in [4.69, 9.17) is 4.74 Å². The van der Waals surface area contributed by atoms with Crippen molar-refractivity contribution < 1.29 is 27.5 Å². The van der Waals surface area contributed by atoms with E-state index in [1.165, 1.54) is 24.3 Å². The summed E-state index contributed by atoms with van der Waals surface area (Å²) in [4.78, 5) is 26.1. The van der Waals surface area contributed by atoms with E-state index >= 15 is 0 Å². The number of likely N-dealkylation sites (tertiary alicyclic amines) is 1. The lowest BCUT2D eigenvalue weighted by molar-refractivity contribution is -0.166. The highest BCUT2D eigenvalue weighted by Gasteiger charge is 2.65. The molecule has 0 N–H and O–H groups in total. The van der Waals surface area contributed by atoms with E-state index in [-0.39, 0.29) is 29.6 Å². The smallest absolute Gasteiger partial charge is 0.442 e. The van der Waals surface area contributed by atoms with Gasteiger partial charge >= 0.3 is 17.8 Å². The van der Waals surface area contributed by atoms with Gasteiger partial charge in [0.05, 0.1) is 12.7 Å². The fourth-order valence-corrected chi connectivity index (χ4v) is 3.49. The molecule has 0 aromatic heterocycles. The van der Waals surface area contributed by atoms with E-state index in [0.29, 0.717) is 25.9 Å². The first-order valence-corrected chi connectivity index (χ1v) is 9.20. The first kappa shape index (κ1) is 20.8. The van der Waals surface area contributed by atoms with Crippen LogP contribution >= 0.6 is 0 Å². The summed E-state index contributed by atoms with van der Waals surface area (Å²) in [6, 6.07) is 7.06. The van der Waals surface area contributed by atoms with Crippen LogP contribution in [0.3, 0.4) is 0 Å². The summed E-state index contributed by atoms with van der Waals surface area (Å²) in [5.41, 5.74) is -2.38. The number of ether oxygens (including phenoxy) is 1. The molecule has 0 bridgehead atoms. The Hall–Kier alpha value is -2.96. The first-order chi connectivity index (χ1) is 13.7. The van der Waals surface area contributed by atoms with Crippen LogP contribution < -0.4 is 0 Å². The van der Waals surface area contributed by atoms with Crippen LogP contribution in [0.25, 0.3) is 0 Å². The van der Waals surface area contributed by atoms with Gasteiger partial charge in [-0.3, -0.25) is 9.59 Å². The Bertz CT molecular complexity index is 847. The van der Waals surface area contributed by atoms with Gasteiger partial charge in [0, 0.05) is 24.2 Å². The standard InChI is InChI=1S/C19H19F3N4O3/c1-2-29-17(28)15(11-23)12-7-9-26(10-8-12)16(27)13-3-5-14(6-4-13)18(24-25-18)19(20,21)22/h3-6,12,15H,2,7-10H2,1H3. The second-order valence-electron chi connectivity index (χ2n) is 6.94. The maximum absolute atomic E-state index is 13.0. The second kappa shape index (κ2) is 7.81. The number of rotatable bonds is 5. The van der Waals surface area contributed by atoms with Crippen LogP contribution in [-0.2, 0) is 15.2 Å². The number of carbonyl (C=O) groups is 2. The van der Waals surface area contributed by atoms with Crippen LogP contribution in [0.15, 0.2) is 34.5 Å². The van der Waals surface area contributed by atoms with E-state index in [1.54, 1.807) is 11.8 Å². The average Bonchev–Trinajstić information content (AvgIpc) is 3.51. The van der Waals surface area contributed by atoms with Gasteiger partial charge in [0.25, 0.3) is 5.91 Å². The minimum atomic E-state index is -4.61. The van der Waals surface area contributed by atoms with E-state index in [9.17, 15) is 28.0 Å². The van der Waals surface area contributed by atoms with Crippen LogP contribution in [0.2, 0.25) is 0 Å². The van der Waals surface area contributed by atoms with Gasteiger partial charge in [-0.2, -0.15) is 18.4 Å². The number of nitriles is 1. The molecular weight excluding hydrogens is 389 g/mol. The summed E-state index contributed by atoms with van der Waals surface area (Å²) in [7, 11) is 0. The lowest BCUT2D eigenvalue weighted by Crippen LogP contribution is -2.41. The molecule has 3 rings (SSSR count). The summed E-state index contributed by atoms with van der Waals surface area (Å²) >= 11 is 0. The molecule has 1 aromatic carbocycles. The zero-order valence-corrected chi connectivity index (χ0v) is 15.6. The predicted molar refractivity (Wildman–Crippen MR) is 93.4 cm³/mol. The van der Waals surface area contributed by atoms with Gasteiger partial charge in [-0.1, -0.05) is 12.1 Å². The molecule has 0 aliphatic carbocycles. The molecule has 1 aromatic rings. The number of esters is 1.